The monoisotopic (exact) mass is 538 g/mol. The maximum absolute atomic E-state index is 13.5. The fraction of sp³-hybridized carbons (Fsp3) is 0.655. The summed E-state index contributed by atoms with van der Waals surface area (Å²) in [6.45, 7) is 7.10. The molecule has 0 spiro atoms. The second kappa shape index (κ2) is 10.4. The molecule has 39 heavy (non-hydrogen) atoms. The smallest absolute Gasteiger partial charge is 0.251 e. The third-order valence-corrected chi connectivity index (χ3v) is 8.96. The standard InChI is InChI=1S/C29H42N6O4/c1-28(2)17-35(19-9-6-7-10-19)25-29(3,34(4)26(28)38)16-30-27(33-25)32-21-14-13-18(15-23(21)39-5)24(37)31-20-11-8-12-22(20)36/h13-15,19-20,22,36H,6-12,16-17H2,1-5H3,(H,30,32)(H,31,37)/t20-,22-,29?/m1/s1. The summed E-state index contributed by atoms with van der Waals surface area (Å²) in [7, 11) is 3.42. The van der Waals surface area contributed by atoms with Crippen LogP contribution in [0.4, 0.5) is 5.69 Å². The van der Waals surface area contributed by atoms with Crippen LogP contribution in [-0.4, -0.2) is 89.5 Å². The zero-order chi connectivity index (χ0) is 27.9. The van der Waals surface area contributed by atoms with Gasteiger partial charge in [0.25, 0.3) is 5.91 Å². The van der Waals surface area contributed by atoms with Gasteiger partial charge in [0.15, 0.2) is 0 Å². The molecule has 3 atom stereocenters. The third kappa shape index (κ3) is 5.11. The minimum absolute atomic E-state index is 0.102. The number of aliphatic hydroxyl groups is 1. The lowest BCUT2D eigenvalue weighted by atomic mass is 9.90. The van der Waals surface area contributed by atoms with E-state index in [9.17, 15) is 14.7 Å². The topological polar surface area (TPSA) is 119 Å². The molecule has 3 fully saturated rings. The van der Waals surface area contributed by atoms with Gasteiger partial charge >= 0.3 is 0 Å². The van der Waals surface area contributed by atoms with Gasteiger partial charge < -0.3 is 30.3 Å². The largest absolute Gasteiger partial charge is 0.495 e. The molecule has 1 aromatic rings. The highest BCUT2D eigenvalue weighted by Gasteiger charge is 2.52. The number of aliphatic imine (C=N–C) groups is 2. The Hall–Kier alpha value is -3.14. The number of rotatable bonds is 5. The number of nitrogens with one attached hydrogen (secondary N) is 2. The van der Waals surface area contributed by atoms with Crippen LogP contribution in [-0.2, 0) is 4.79 Å². The van der Waals surface area contributed by atoms with Gasteiger partial charge in [0.1, 0.15) is 17.1 Å². The maximum Gasteiger partial charge on any atom is 0.251 e. The van der Waals surface area contributed by atoms with E-state index < -0.39 is 17.1 Å². The first-order valence-electron chi connectivity index (χ1n) is 14.2. The summed E-state index contributed by atoms with van der Waals surface area (Å²) in [4.78, 5) is 40.3. The summed E-state index contributed by atoms with van der Waals surface area (Å²) in [6, 6.07) is 5.33. The van der Waals surface area contributed by atoms with Crippen LogP contribution in [0.3, 0.4) is 0 Å². The number of methoxy groups -OCH3 is 1. The number of benzene rings is 1. The zero-order valence-electron chi connectivity index (χ0n) is 23.8. The van der Waals surface area contributed by atoms with Crippen molar-refractivity contribution < 1.29 is 19.4 Å². The minimum Gasteiger partial charge on any atom is -0.495 e. The van der Waals surface area contributed by atoms with Crippen molar-refractivity contribution in [1.29, 1.82) is 0 Å². The van der Waals surface area contributed by atoms with E-state index in [1.165, 1.54) is 12.8 Å². The summed E-state index contributed by atoms with van der Waals surface area (Å²) in [5, 5.41) is 16.3. The Bertz CT molecular complexity index is 1190. The molecule has 2 amide bonds. The van der Waals surface area contributed by atoms with Crippen molar-refractivity contribution in [3.63, 3.8) is 0 Å². The SMILES string of the molecule is COc1cc(C(=O)N[C@@H]2CCC[C@H]2O)ccc1NC1=NCC2(C)C(=N1)N(C1CCCC1)CC(C)(C)C(=O)N2C. The molecule has 2 aliphatic carbocycles. The Balaban J connectivity index is 1.41. The van der Waals surface area contributed by atoms with Crippen LogP contribution in [0.2, 0.25) is 0 Å². The highest BCUT2D eigenvalue weighted by molar-refractivity contribution is 6.10. The molecular formula is C29H42N6O4. The molecule has 0 radical (unpaired) electrons. The molecule has 2 aliphatic heterocycles. The van der Waals surface area contributed by atoms with Gasteiger partial charge in [-0.25, -0.2) is 4.99 Å². The van der Waals surface area contributed by atoms with Crippen LogP contribution in [0.1, 0.15) is 76.1 Å². The predicted molar refractivity (Wildman–Crippen MR) is 151 cm³/mol. The molecule has 212 valence electrons. The first-order valence-corrected chi connectivity index (χ1v) is 14.2. The molecule has 3 N–H and O–H groups in total. The number of likely N-dealkylation sites (N-methyl/N-ethyl adjacent to an activating group) is 1. The number of hydrogen-bond acceptors (Lipinski definition) is 8. The lowest BCUT2D eigenvalue weighted by Crippen LogP contribution is -2.61. The first-order chi connectivity index (χ1) is 18.5. The third-order valence-electron chi connectivity index (χ3n) is 8.96. The molecule has 1 unspecified atom stereocenters. The molecule has 4 aliphatic rings. The van der Waals surface area contributed by atoms with Crippen molar-refractivity contribution in [1.82, 2.24) is 15.1 Å². The number of carbonyl (C=O) groups excluding carboxylic acids is 2. The van der Waals surface area contributed by atoms with Gasteiger partial charge in [-0.2, -0.15) is 4.99 Å². The van der Waals surface area contributed by atoms with Gasteiger partial charge in [-0.15, -0.1) is 0 Å². The summed E-state index contributed by atoms with van der Waals surface area (Å²) in [5.74, 6) is 1.69. The molecule has 10 heteroatoms. The Kier molecular flexibility index (Phi) is 7.35. The molecule has 0 bridgehead atoms. The number of carbonyl (C=O) groups is 2. The molecule has 2 saturated carbocycles. The van der Waals surface area contributed by atoms with E-state index in [4.69, 9.17) is 14.7 Å². The number of aliphatic hydroxyl groups excluding tert-OH is 1. The second-order valence-electron chi connectivity index (χ2n) is 12.3. The summed E-state index contributed by atoms with van der Waals surface area (Å²) >= 11 is 0. The lowest BCUT2D eigenvalue weighted by Gasteiger charge is -2.43. The zero-order valence-corrected chi connectivity index (χ0v) is 23.8. The van der Waals surface area contributed by atoms with Gasteiger partial charge in [0.05, 0.1) is 36.9 Å². The first kappa shape index (κ1) is 27.4. The van der Waals surface area contributed by atoms with E-state index in [2.05, 4.69) is 22.5 Å². The van der Waals surface area contributed by atoms with Crippen molar-refractivity contribution in [2.45, 2.75) is 89.4 Å². The Morgan fingerprint density at radius 2 is 1.87 bits per heavy atom. The van der Waals surface area contributed by atoms with Crippen molar-refractivity contribution in [2.24, 2.45) is 15.4 Å². The van der Waals surface area contributed by atoms with Crippen LogP contribution < -0.4 is 15.4 Å². The van der Waals surface area contributed by atoms with Crippen LogP contribution >= 0.6 is 0 Å². The van der Waals surface area contributed by atoms with Crippen LogP contribution in [0.5, 0.6) is 5.75 Å². The van der Waals surface area contributed by atoms with Crippen LogP contribution in [0, 0.1) is 5.41 Å². The van der Waals surface area contributed by atoms with Crippen LogP contribution in [0.15, 0.2) is 28.2 Å². The number of amides is 2. The number of fused-ring (bicyclic) bond motifs is 1. The molecule has 10 nitrogen and oxygen atoms in total. The number of hydrogen-bond donors (Lipinski definition) is 3. The van der Waals surface area contributed by atoms with E-state index in [1.807, 2.05) is 25.8 Å². The Morgan fingerprint density at radius 1 is 1.13 bits per heavy atom. The van der Waals surface area contributed by atoms with Crippen molar-refractivity contribution in [3.8, 4) is 5.75 Å². The van der Waals surface area contributed by atoms with Gasteiger partial charge in [-0.1, -0.05) is 12.8 Å². The van der Waals surface area contributed by atoms with Gasteiger partial charge in [0.2, 0.25) is 11.9 Å². The normalized spacial score (nSPS) is 28.9. The summed E-state index contributed by atoms with van der Waals surface area (Å²) in [5.41, 5.74) is -0.0794. The molecule has 2 heterocycles. The molecule has 0 aromatic heterocycles. The fourth-order valence-electron chi connectivity index (χ4n) is 6.43. The van der Waals surface area contributed by atoms with Crippen molar-refractivity contribution >= 4 is 29.3 Å². The Labute approximate surface area is 230 Å². The van der Waals surface area contributed by atoms with E-state index >= 15 is 0 Å². The molecule has 1 aromatic carbocycles. The fourth-order valence-corrected chi connectivity index (χ4v) is 6.43. The van der Waals surface area contributed by atoms with Crippen LogP contribution in [0.25, 0.3) is 0 Å². The summed E-state index contributed by atoms with van der Waals surface area (Å²) in [6.07, 6.45) is 6.45. The molecular weight excluding hydrogens is 496 g/mol. The second-order valence-corrected chi connectivity index (χ2v) is 12.3. The molecule has 5 rings (SSSR count). The predicted octanol–water partition coefficient (Wildman–Crippen LogP) is 3.02. The van der Waals surface area contributed by atoms with Crippen molar-refractivity contribution in [2.75, 3.05) is 32.6 Å². The highest BCUT2D eigenvalue weighted by atomic mass is 16.5. The number of anilines is 1. The van der Waals surface area contributed by atoms with E-state index in [-0.39, 0.29) is 17.9 Å². The number of ether oxygens (including phenoxy) is 1. The molecule has 1 saturated heterocycles. The number of amidine groups is 1. The van der Waals surface area contributed by atoms with Crippen molar-refractivity contribution in [3.05, 3.63) is 23.8 Å². The quantitative estimate of drug-likeness (QED) is 0.530. The highest BCUT2D eigenvalue weighted by Crippen LogP contribution is 2.38. The maximum atomic E-state index is 13.5. The van der Waals surface area contributed by atoms with E-state index in [1.54, 1.807) is 25.3 Å². The average Bonchev–Trinajstić information content (AvgIpc) is 3.59. The number of guanidine groups is 1. The Morgan fingerprint density at radius 3 is 2.54 bits per heavy atom. The van der Waals surface area contributed by atoms with Gasteiger partial charge in [-0.05, 0) is 71.1 Å². The van der Waals surface area contributed by atoms with Gasteiger partial charge in [0, 0.05) is 25.2 Å². The minimum atomic E-state index is -0.643. The van der Waals surface area contributed by atoms with E-state index in [0.717, 1.165) is 31.5 Å². The lowest BCUT2D eigenvalue weighted by molar-refractivity contribution is -0.141. The van der Waals surface area contributed by atoms with Gasteiger partial charge in [-0.3, -0.25) is 9.59 Å². The average molecular weight is 539 g/mol. The summed E-state index contributed by atoms with van der Waals surface area (Å²) < 4.78 is 5.62. The number of nitrogens with zero attached hydrogens (tertiary/aromatic N) is 4. The van der Waals surface area contributed by atoms with E-state index in [0.29, 0.717) is 48.5 Å².